The van der Waals surface area contributed by atoms with Gasteiger partial charge in [-0.3, -0.25) is 4.79 Å². The average Bonchev–Trinajstić information content (AvgIpc) is 3.12. The number of carboxylic acid groups (broad SMARTS) is 1. The van der Waals surface area contributed by atoms with E-state index in [1.807, 2.05) is 37.3 Å². The minimum atomic E-state index is -0.767. The molecule has 0 amide bonds. The second kappa shape index (κ2) is 10.6. The molecule has 0 aliphatic carbocycles. The van der Waals surface area contributed by atoms with Crippen LogP contribution in [0.2, 0.25) is 0 Å². The molecule has 2 heterocycles. The van der Waals surface area contributed by atoms with Gasteiger partial charge in [0.25, 0.3) is 0 Å². The SMILES string of the molecule is CCC/C=C/c1c(-c2ccccc2)oc2ncnc(O[C@H](C)CCCCC(=O)O)c12. The number of carbonyl (C=O) groups is 1. The summed E-state index contributed by atoms with van der Waals surface area (Å²) in [5.41, 5.74) is 2.38. The second-order valence-electron chi connectivity index (χ2n) is 7.33. The molecule has 158 valence electrons. The van der Waals surface area contributed by atoms with Gasteiger partial charge in [0.05, 0.1) is 6.10 Å². The summed E-state index contributed by atoms with van der Waals surface area (Å²) in [5, 5.41) is 9.55. The number of nitrogens with zero attached hydrogens (tertiary/aromatic N) is 2. The topological polar surface area (TPSA) is 85.5 Å². The molecule has 0 aliphatic rings. The summed E-state index contributed by atoms with van der Waals surface area (Å²) >= 11 is 0. The molecule has 0 aliphatic heterocycles. The lowest BCUT2D eigenvalue weighted by atomic mass is 10.1. The zero-order valence-electron chi connectivity index (χ0n) is 17.5. The molecule has 0 radical (unpaired) electrons. The van der Waals surface area contributed by atoms with Gasteiger partial charge in [-0.1, -0.05) is 55.8 Å². The Bertz CT molecular complexity index is 995. The van der Waals surface area contributed by atoms with Crippen LogP contribution < -0.4 is 4.74 Å². The molecule has 0 saturated carbocycles. The number of hydrogen-bond acceptors (Lipinski definition) is 5. The highest BCUT2D eigenvalue weighted by atomic mass is 16.5. The number of allylic oxidation sites excluding steroid dienone is 1. The van der Waals surface area contributed by atoms with Crippen molar-refractivity contribution in [1.29, 1.82) is 0 Å². The minimum absolute atomic E-state index is 0.0977. The van der Waals surface area contributed by atoms with Gasteiger partial charge in [-0.2, -0.15) is 0 Å². The van der Waals surface area contributed by atoms with E-state index in [0.29, 0.717) is 18.0 Å². The number of rotatable bonds is 11. The Morgan fingerprint density at radius 1 is 1.23 bits per heavy atom. The Morgan fingerprint density at radius 3 is 2.77 bits per heavy atom. The molecule has 3 rings (SSSR count). The van der Waals surface area contributed by atoms with Crippen LogP contribution in [-0.2, 0) is 4.79 Å². The van der Waals surface area contributed by atoms with Crippen LogP contribution in [0.1, 0.15) is 57.9 Å². The number of ether oxygens (including phenoxy) is 1. The predicted octanol–water partition coefficient (Wildman–Crippen LogP) is 6.12. The van der Waals surface area contributed by atoms with Gasteiger partial charge >= 0.3 is 5.97 Å². The number of benzene rings is 1. The first-order chi connectivity index (χ1) is 14.6. The molecule has 30 heavy (non-hydrogen) atoms. The fourth-order valence-corrected chi connectivity index (χ4v) is 3.30. The van der Waals surface area contributed by atoms with E-state index in [9.17, 15) is 4.79 Å². The van der Waals surface area contributed by atoms with Gasteiger partial charge in [-0.15, -0.1) is 0 Å². The van der Waals surface area contributed by atoms with Crippen molar-refractivity contribution in [1.82, 2.24) is 9.97 Å². The lowest BCUT2D eigenvalue weighted by Crippen LogP contribution is -2.13. The molecular formula is C24H28N2O4. The largest absolute Gasteiger partial charge is 0.481 e. The maximum Gasteiger partial charge on any atom is 0.303 e. The first kappa shape index (κ1) is 21.6. The van der Waals surface area contributed by atoms with Gasteiger partial charge in [0.2, 0.25) is 11.6 Å². The summed E-state index contributed by atoms with van der Waals surface area (Å²) in [4.78, 5) is 19.4. The van der Waals surface area contributed by atoms with Crippen molar-refractivity contribution in [2.45, 2.75) is 58.5 Å². The summed E-state index contributed by atoms with van der Waals surface area (Å²) in [6, 6.07) is 9.94. The van der Waals surface area contributed by atoms with Crippen molar-refractivity contribution in [3.05, 3.63) is 48.3 Å². The lowest BCUT2D eigenvalue weighted by molar-refractivity contribution is -0.137. The van der Waals surface area contributed by atoms with Crippen LogP contribution in [0.4, 0.5) is 0 Å². The zero-order chi connectivity index (χ0) is 21.3. The quantitative estimate of drug-likeness (QED) is 0.385. The zero-order valence-corrected chi connectivity index (χ0v) is 17.5. The maximum atomic E-state index is 10.7. The third-order valence-electron chi connectivity index (χ3n) is 4.83. The first-order valence-electron chi connectivity index (χ1n) is 10.5. The summed E-state index contributed by atoms with van der Waals surface area (Å²) in [6.45, 7) is 4.11. The number of unbranched alkanes of at least 4 members (excludes halogenated alkanes) is 2. The highest BCUT2D eigenvalue weighted by Gasteiger charge is 2.21. The monoisotopic (exact) mass is 408 g/mol. The predicted molar refractivity (Wildman–Crippen MR) is 117 cm³/mol. The molecule has 0 spiro atoms. The number of carboxylic acids is 1. The lowest BCUT2D eigenvalue weighted by Gasteiger charge is -2.14. The van der Waals surface area contributed by atoms with E-state index < -0.39 is 5.97 Å². The van der Waals surface area contributed by atoms with Gasteiger partial charge in [0.1, 0.15) is 17.5 Å². The first-order valence-corrected chi connectivity index (χ1v) is 10.5. The fourth-order valence-electron chi connectivity index (χ4n) is 3.30. The highest BCUT2D eigenvalue weighted by Crippen LogP contribution is 2.38. The Labute approximate surface area is 176 Å². The van der Waals surface area contributed by atoms with Gasteiger partial charge < -0.3 is 14.3 Å². The summed E-state index contributed by atoms with van der Waals surface area (Å²) < 4.78 is 12.3. The van der Waals surface area contributed by atoms with Crippen LogP contribution in [0.15, 0.2) is 47.2 Å². The van der Waals surface area contributed by atoms with Crippen LogP contribution in [0.3, 0.4) is 0 Å². The normalized spacial score (nSPS) is 12.5. The van der Waals surface area contributed by atoms with Crippen LogP contribution in [-0.4, -0.2) is 27.1 Å². The molecule has 1 N–H and O–H groups in total. The van der Waals surface area contributed by atoms with Gasteiger partial charge in [-0.05, 0) is 32.6 Å². The molecule has 1 aromatic carbocycles. The Kier molecular flexibility index (Phi) is 7.60. The minimum Gasteiger partial charge on any atom is -0.481 e. The Balaban J connectivity index is 1.91. The van der Waals surface area contributed by atoms with E-state index in [1.54, 1.807) is 0 Å². The van der Waals surface area contributed by atoms with E-state index >= 15 is 0 Å². The Morgan fingerprint density at radius 2 is 2.03 bits per heavy atom. The van der Waals surface area contributed by atoms with E-state index in [1.165, 1.54) is 6.33 Å². The standard InChI is InChI=1S/C24H28N2O4/c1-3-4-6-14-19-21-23(29-17(2)11-9-10-15-20(27)28)25-16-26-24(21)30-22(19)18-12-7-5-8-13-18/h5-8,12-14,16-17H,3-4,9-11,15H2,1-2H3,(H,27,28)/b14-6+/t17-/m1/s1. The number of aromatic nitrogens is 2. The van der Waals surface area contributed by atoms with Crippen molar-refractivity contribution < 1.29 is 19.1 Å². The van der Waals surface area contributed by atoms with Crippen molar-refractivity contribution in [2.24, 2.45) is 0 Å². The number of fused-ring (bicyclic) bond motifs is 1. The fraction of sp³-hybridized carbons (Fsp3) is 0.375. The molecule has 3 aromatic rings. The van der Waals surface area contributed by atoms with Crippen molar-refractivity contribution in [2.75, 3.05) is 0 Å². The molecule has 0 unspecified atom stereocenters. The third-order valence-corrected chi connectivity index (χ3v) is 4.83. The molecule has 0 saturated heterocycles. The molecular weight excluding hydrogens is 380 g/mol. The maximum absolute atomic E-state index is 10.7. The van der Waals surface area contributed by atoms with Crippen LogP contribution in [0.5, 0.6) is 5.88 Å². The summed E-state index contributed by atoms with van der Waals surface area (Å²) in [5.74, 6) is 0.474. The molecule has 0 bridgehead atoms. The second-order valence-corrected chi connectivity index (χ2v) is 7.33. The van der Waals surface area contributed by atoms with Crippen LogP contribution in [0.25, 0.3) is 28.5 Å². The third kappa shape index (κ3) is 5.47. The van der Waals surface area contributed by atoms with Crippen LogP contribution in [0, 0.1) is 0 Å². The van der Waals surface area contributed by atoms with E-state index in [2.05, 4.69) is 29.0 Å². The van der Waals surface area contributed by atoms with Gasteiger partial charge in [0, 0.05) is 17.5 Å². The van der Waals surface area contributed by atoms with Crippen LogP contribution >= 0.6 is 0 Å². The molecule has 1 atom stereocenters. The van der Waals surface area contributed by atoms with Gasteiger partial charge in [-0.25, -0.2) is 9.97 Å². The molecule has 2 aromatic heterocycles. The highest BCUT2D eigenvalue weighted by molar-refractivity contribution is 5.95. The summed E-state index contributed by atoms with van der Waals surface area (Å²) in [6.07, 6.45) is 9.91. The van der Waals surface area contributed by atoms with Crippen molar-refractivity contribution in [3.8, 4) is 17.2 Å². The average molecular weight is 408 g/mol. The molecule has 6 heteroatoms. The van der Waals surface area contributed by atoms with Crippen molar-refractivity contribution >= 4 is 23.1 Å². The van der Waals surface area contributed by atoms with E-state index in [0.717, 1.165) is 48.0 Å². The van der Waals surface area contributed by atoms with Crippen molar-refractivity contribution in [3.63, 3.8) is 0 Å². The molecule has 6 nitrogen and oxygen atoms in total. The smallest absolute Gasteiger partial charge is 0.303 e. The number of aliphatic carboxylic acids is 1. The van der Waals surface area contributed by atoms with E-state index in [-0.39, 0.29) is 12.5 Å². The van der Waals surface area contributed by atoms with E-state index in [4.69, 9.17) is 14.3 Å². The summed E-state index contributed by atoms with van der Waals surface area (Å²) in [7, 11) is 0. The van der Waals surface area contributed by atoms with Gasteiger partial charge in [0.15, 0.2) is 0 Å². The molecule has 0 fully saturated rings. The number of furan rings is 1. The number of hydrogen-bond donors (Lipinski definition) is 1. The Hall–Kier alpha value is -3.15.